The maximum atomic E-state index is 11.8. The summed E-state index contributed by atoms with van der Waals surface area (Å²) in [6.45, 7) is 6.61. The lowest BCUT2D eigenvalue weighted by molar-refractivity contribution is 0.154. The molecule has 1 aromatic carbocycles. The zero-order valence-electron chi connectivity index (χ0n) is 14.6. The summed E-state index contributed by atoms with van der Waals surface area (Å²) in [5.41, 5.74) is 0.996. The Morgan fingerprint density at radius 2 is 1.64 bits per heavy atom. The van der Waals surface area contributed by atoms with Crippen molar-refractivity contribution >= 4 is 11.4 Å². The summed E-state index contributed by atoms with van der Waals surface area (Å²) in [4.78, 5) is 32.3. The van der Waals surface area contributed by atoms with Gasteiger partial charge in [0.25, 0.3) is 10.9 Å². The lowest BCUT2D eigenvalue weighted by Crippen LogP contribution is -2.45. The van der Waals surface area contributed by atoms with Crippen molar-refractivity contribution in [3.63, 3.8) is 0 Å². The van der Waals surface area contributed by atoms with Gasteiger partial charge >= 0.3 is 0 Å². The van der Waals surface area contributed by atoms with Gasteiger partial charge in [-0.3, -0.25) is 14.6 Å². The van der Waals surface area contributed by atoms with Crippen molar-refractivity contribution in [2.75, 3.05) is 56.9 Å². The number of hydrogen-bond donors (Lipinski definition) is 2. The number of rotatable bonds is 8. The molecule has 0 atom stereocenters. The molecule has 0 spiro atoms. The Hall–Kier alpha value is -2.25. The Balaban J connectivity index is 1.44. The molecule has 1 aliphatic rings. The average Bonchev–Trinajstić information content (AvgIpc) is 2.65. The van der Waals surface area contributed by atoms with E-state index >= 15 is 0 Å². The molecule has 1 aliphatic heterocycles. The molecule has 0 unspecified atom stereocenters. The number of pyridine rings is 1. The molecule has 0 bridgehead atoms. The molecule has 1 saturated heterocycles. The van der Waals surface area contributed by atoms with Crippen LogP contribution in [-0.2, 0) is 6.54 Å². The van der Waals surface area contributed by atoms with Gasteiger partial charge in [0.15, 0.2) is 0 Å². The molecule has 0 amide bonds. The maximum Gasteiger partial charge on any atom is 0.253 e. The highest BCUT2D eigenvalue weighted by atomic mass is 16.2. The second kappa shape index (κ2) is 8.22. The van der Waals surface area contributed by atoms with E-state index in [1.54, 1.807) is 12.4 Å². The minimum atomic E-state index is -0.435. The van der Waals surface area contributed by atoms with Crippen LogP contribution in [0.25, 0.3) is 0 Å². The van der Waals surface area contributed by atoms with E-state index in [0.717, 1.165) is 44.7 Å². The van der Waals surface area contributed by atoms with Crippen molar-refractivity contribution in [3.8, 4) is 0 Å². The zero-order valence-corrected chi connectivity index (χ0v) is 14.6. The Kier molecular flexibility index (Phi) is 5.78. The first-order valence-electron chi connectivity index (χ1n) is 8.76. The van der Waals surface area contributed by atoms with Crippen LogP contribution in [0, 0.1) is 0 Å². The fraction of sp³-hybridized carbons (Fsp3) is 0.500. The number of nitrogens with zero attached hydrogens (tertiary/aromatic N) is 3. The summed E-state index contributed by atoms with van der Waals surface area (Å²) in [5, 5.41) is 6.20. The highest BCUT2D eigenvalue weighted by molar-refractivity contribution is 5.73. The van der Waals surface area contributed by atoms with E-state index < -0.39 is 10.9 Å². The minimum absolute atomic E-state index is 0.404. The van der Waals surface area contributed by atoms with Crippen LogP contribution in [0.2, 0.25) is 0 Å². The highest BCUT2D eigenvalue weighted by Crippen LogP contribution is 2.15. The Bertz CT molecular complexity index is 747. The van der Waals surface area contributed by atoms with E-state index in [-0.39, 0.29) is 0 Å². The molecule has 2 N–H and O–H groups in total. The summed E-state index contributed by atoms with van der Waals surface area (Å²) < 4.78 is 0. The first-order chi connectivity index (χ1) is 12.1. The Labute approximate surface area is 147 Å². The third kappa shape index (κ3) is 4.43. The Morgan fingerprint density at radius 3 is 2.32 bits per heavy atom. The van der Waals surface area contributed by atoms with E-state index in [4.69, 9.17) is 0 Å². The van der Waals surface area contributed by atoms with Crippen LogP contribution in [0.5, 0.6) is 0 Å². The molecule has 0 saturated carbocycles. The number of hydrogen-bond acceptors (Lipinski definition) is 7. The van der Waals surface area contributed by atoms with Gasteiger partial charge in [-0.1, -0.05) is 0 Å². The second-order valence-corrected chi connectivity index (χ2v) is 6.54. The smallest absolute Gasteiger partial charge is 0.253 e. The minimum Gasteiger partial charge on any atom is -0.380 e. The summed E-state index contributed by atoms with van der Waals surface area (Å²) in [7, 11) is 2.14. The fourth-order valence-electron chi connectivity index (χ4n) is 3.01. The zero-order chi connectivity index (χ0) is 17.6. The molecule has 3 rings (SSSR count). The first-order valence-corrected chi connectivity index (χ1v) is 8.76. The van der Waals surface area contributed by atoms with Crippen LogP contribution < -0.4 is 21.5 Å². The molecule has 134 valence electrons. The van der Waals surface area contributed by atoms with Gasteiger partial charge in [-0.15, -0.1) is 0 Å². The van der Waals surface area contributed by atoms with Gasteiger partial charge in [0.1, 0.15) is 11.4 Å². The third-order valence-corrected chi connectivity index (χ3v) is 4.68. The van der Waals surface area contributed by atoms with Crippen molar-refractivity contribution in [1.29, 1.82) is 0 Å². The van der Waals surface area contributed by atoms with Crippen molar-refractivity contribution in [2.45, 2.75) is 13.0 Å². The van der Waals surface area contributed by atoms with Gasteiger partial charge in [0.05, 0.1) is 0 Å². The van der Waals surface area contributed by atoms with Gasteiger partial charge in [-0.25, -0.2) is 0 Å². The largest absolute Gasteiger partial charge is 0.380 e. The van der Waals surface area contributed by atoms with Crippen molar-refractivity contribution in [3.05, 3.63) is 50.5 Å². The molecule has 1 aromatic heterocycles. The van der Waals surface area contributed by atoms with Crippen LogP contribution in [0.1, 0.15) is 12.0 Å². The Morgan fingerprint density at radius 1 is 1.00 bits per heavy atom. The molecular formula is C18H25N5O2. The molecule has 0 radical (unpaired) electrons. The van der Waals surface area contributed by atoms with E-state index in [2.05, 4.69) is 32.5 Å². The van der Waals surface area contributed by atoms with Gasteiger partial charge in [-0.2, -0.15) is 0 Å². The van der Waals surface area contributed by atoms with Crippen LogP contribution in [0.15, 0.2) is 34.1 Å². The van der Waals surface area contributed by atoms with Gasteiger partial charge in [-0.05, 0) is 37.7 Å². The van der Waals surface area contributed by atoms with Crippen LogP contribution in [0.4, 0.5) is 11.4 Å². The van der Waals surface area contributed by atoms with Crippen LogP contribution in [0.3, 0.4) is 0 Å². The van der Waals surface area contributed by atoms with Crippen molar-refractivity contribution in [2.24, 2.45) is 0 Å². The molecule has 0 aliphatic carbocycles. The van der Waals surface area contributed by atoms with E-state index in [1.807, 2.05) is 12.1 Å². The number of likely N-dealkylation sites (N-methyl/N-ethyl adjacent to an activating group) is 1. The summed E-state index contributed by atoms with van der Waals surface area (Å²) in [6.07, 6.45) is 4.36. The number of piperazine rings is 1. The lowest BCUT2D eigenvalue weighted by Gasteiger charge is -2.32. The summed E-state index contributed by atoms with van der Waals surface area (Å²) >= 11 is 0. The van der Waals surface area contributed by atoms with E-state index in [0.29, 0.717) is 24.5 Å². The molecule has 1 fully saturated rings. The average molecular weight is 343 g/mol. The quantitative estimate of drug-likeness (QED) is 0.529. The fourth-order valence-corrected chi connectivity index (χ4v) is 3.01. The third-order valence-electron chi connectivity index (χ3n) is 4.68. The highest BCUT2D eigenvalue weighted by Gasteiger charge is 2.20. The van der Waals surface area contributed by atoms with Gasteiger partial charge in [0, 0.05) is 51.7 Å². The normalized spacial score (nSPS) is 16.2. The van der Waals surface area contributed by atoms with Crippen molar-refractivity contribution < 1.29 is 0 Å². The van der Waals surface area contributed by atoms with Crippen LogP contribution in [-0.4, -0.2) is 61.1 Å². The molecule has 7 heteroatoms. The molecule has 7 nitrogen and oxygen atoms in total. The number of aromatic nitrogens is 1. The van der Waals surface area contributed by atoms with E-state index in [1.165, 1.54) is 0 Å². The predicted molar refractivity (Wildman–Crippen MR) is 100.0 cm³/mol. The van der Waals surface area contributed by atoms with Crippen molar-refractivity contribution in [1.82, 2.24) is 14.8 Å². The SMILES string of the molecule is CN1CCN(CCCNc2c(NCc3ccncc3)c(=O)c2=O)CC1. The lowest BCUT2D eigenvalue weighted by atomic mass is 10.1. The maximum absolute atomic E-state index is 11.8. The monoisotopic (exact) mass is 343 g/mol. The van der Waals surface area contributed by atoms with Crippen LogP contribution >= 0.6 is 0 Å². The standard InChI is InChI=1S/C18H25N5O2/c1-22-9-11-23(12-10-22)8-2-5-20-15-16(18(25)17(15)24)21-13-14-3-6-19-7-4-14/h3-4,6-7,20-21H,2,5,8-13H2,1H3. The van der Waals surface area contributed by atoms with E-state index in [9.17, 15) is 9.59 Å². The molecule has 2 heterocycles. The van der Waals surface area contributed by atoms with Gasteiger partial charge in [0.2, 0.25) is 0 Å². The number of nitrogens with one attached hydrogen (secondary N) is 2. The van der Waals surface area contributed by atoms with Gasteiger partial charge < -0.3 is 20.4 Å². The molecular weight excluding hydrogens is 318 g/mol. The predicted octanol–water partition coefficient (Wildman–Crippen LogP) is 0.339. The summed E-state index contributed by atoms with van der Waals surface area (Å²) in [6, 6.07) is 3.75. The molecule has 25 heavy (non-hydrogen) atoms. The first kappa shape index (κ1) is 17.6. The topological polar surface area (TPSA) is 77.6 Å². The summed E-state index contributed by atoms with van der Waals surface area (Å²) in [5.74, 6) is 0. The number of anilines is 2. The second-order valence-electron chi connectivity index (χ2n) is 6.54. The molecule has 2 aromatic rings.